The first-order valence-corrected chi connectivity index (χ1v) is 7.68. The van der Waals surface area contributed by atoms with Crippen LogP contribution >= 0.6 is 7.82 Å². The zero-order chi connectivity index (χ0) is 15.7. The topological polar surface area (TPSA) is 61.8 Å². The molecule has 1 aromatic rings. The quantitative estimate of drug-likeness (QED) is 0.568. The van der Waals surface area contributed by atoms with Gasteiger partial charge in [-0.25, -0.2) is 9.09 Å². The standard InChI is InChI=1S/C13H15F2O5P/c1-18-21(17,19-2)20-13(14,15)11-8-10(11)12(16)9-6-4-3-5-7-9/h3-7,10-11H,8H2,1-2H3/t10-,11-/m1/s1. The van der Waals surface area contributed by atoms with Crippen LogP contribution in [0.15, 0.2) is 30.3 Å². The van der Waals surface area contributed by atoms with Crippen molar-refractivity contribution in [2.24, 2.45) is 11.8 Å². The van der Waals surface area contributed by atoms with Gasteiger partial charge in [-0.3, -0.25) is 13.8 Å². The molecule has 1 fully saturated rings. The molecule has 0 N–H and O–H groups in total. The molecular formula is C13H15F2O5P. The van der Waals surface area contributed by atoms with Crippen molar-refractivity contribution < 1.29 is 31.7 Å². The number of halogens is 2. The smallest absolute Gasteiger partial charge is 0.294 e. The van der Waals surface area contributed by atoms with Crippen molar-refractivity contribution in [3.8, 4) is 0 Å². The average molecular weight is 320 g/mol. The number of carbonyl (C=O) groups excluding carboxylic acids is 1. The Morgan fingerprint density at radius 2 is 1.81 bits per heavy atom. The van der Waals surface area contributed by atoms with E-state index in [2.05, 4.69) is 13.6 Å². The highest BCUT2D eigenvalue weighted by Gasteiger charge is 2.61. The molecule has 1 saturated carbocycles. The van der Waals surface area contributed by atoms with Crippen molar-refractivity contribution in [1.82, 2.24) is 0 Å². The summed E-state index contributed by atoms with van der Waals surface area (Å²) in [4.78, 5) is 12.0. The minimum absolute atomic E-state index is 0.0336. The van der Waals surface area contributed by atoms with E-state index in [-0.39, 0.29) is 12.2 Å². The predicted octanol–water partition coefficient (Wildman–Crippen LogP) is 3.52. The first-order chi connectivity index (χ1) is 9.83. The highest BCUT2D eigenvalue weighted by molar-refractivity contribution is 7.48. The zero-order valence-corrected chi connectivity index (χ0v) is 12.4. The Kier molecular flexibility index (Phi) is 4.58. The van der Waals surface area contributed by atoms with Gasteiger partial charge in [0, 0.05) is 25.7 Å². The van der Waals surface area contributed by atoms with Gasteiger partial charge in [0.2, 0.25) is 0 Å². The van der Waals surface area contributed by atoms with Gasteiger partial charge in [-0.2, -0.15) is 8.78 Å². The van der Waals surface area contributed by atoms with Crippen LogP contribution < -0.4 is 0 Å². The number of Topliss-reactive ketones (excluding diaryl/α,β-unsaturated/α-hetero) is 1. The van der Waals surface area contributed by atoms with Crippen LogP contribution in [0.25, 0.3) is 0 Å². The molecular weight excluding hydrogens is 305 g/mol. The average Bonchev–Trinajstić information content (AvgIpc) is 3.28. The lowest BCUT2D eigenvalue weighted by Crippen LogP contribution is -2.25. The van der Waals surface area contributed by atoms with Crippen molar-refractivity contribution in [2.45, 2.75) is 12.5 Å². The number of ketones is 1. The third-order valence-electron chi connectivity index (χ3n) is 3.30. The molecule has 0 amide bonds. The van der Waals surface area contributed by atoms with Gasteiger partial charge in [0.05, 0.1) is 5.92 Å². The van der Waals surface area contributed by atoms with Crippen molar-refractivity contribution >= 4 is 13.6 Å². The van der Waals surface area contributed by atoms with Crippen molar-refractivity contribution in [3.05, 3.63) is 35.9 Å². The molecule has 21 heavy (non-hydrogen) atoms. The van der Waals surface area contributed by atoms with Gasteiger partial charge in [0.15, 0.2) is 5.78 Å². The fraction of sp³-hybridized carbons (Fsp3) is 0.462. The summed E-state index contributed by atoms with van der Waals surface area (Å²) in [6.45, 7) is 0. The SMILES string of the molecule is COP(=O)(OC)OC(F)(F)[C@@H]1C[C@H]1C(=O)c1ccccc1. The monoisotopic (exact) mass is 320 g/mol. The summed E-state index contributed by atoms with van der Waals surface area (Å²) in [6, 6.07) is 8.16. The Morgan fingerprint density at radius 1 is 1.24 bits per heavy atom. The second kappa shape index (κ2) is 5.93. The van der Waals surface area contributed by atoms with Crippen LogP contribution in [-0.4, -0.2) is 26.1 Å². The Hall–Kier alpha value is -1.14. The highest BCUT2D eigenvalue weighted by atomic mass is 31.2. The van der Waals surface area contributed by atoms with E-state index >= 15 is 0 Å². The number of phosphoric acid groups is 1. The van der Waals surface area contributed by atoms with Crippen molar-refractivity contribution in [1.29, 1.82) is 0 Å². The van der Waals surface area contributed by atoms with E-state index in [4.69, 9.17) is 0 Å². The second-order valence-electron chi connectivity index (χ2n) is 4.64. The molecule has 0 aromatic heterocycles. The number of carbonyl (C=O) groups is 1. The molecule has 1 aliphatic carbocycles. The molecule has 116 valence electrons. The van der Waals surface area contributed by atoms with E-state index in [0.29, 0.717) is 5.56 Å². The number of phosphoric ester groups is 1. The van der Waals surface area contributed by atoms with Crippen LogP contribution in [0.2, 0.25) is 0 Å². The lowest BCUT2D eigenvalue weighted by atomic mass is 10.1. The van der Waals surface area contributed by atoms with Crippen LogP contribution in [0.1, 0.15) is 16.8 Å². The molecule has 0 radical (unpaired) electrons. The number of hydrogen-bond donors (Lipinski definition) is 0. The van der Waals surface area contributed by atoms with E-state index in [1.165, 1.54) is 0 Å². The van der Waals surface area contributed by atoms with E-state index in [1.807, 2.05) is 0 Å². The minimum Gasteiger partial charge on any atom is -0.294 e. The zero-order valence-electron chi connectivity index (χ0n) is 11.5. The maximum atomic E-state index is 13.9. The van der Waals surface area contributed by atoms with E-state index in [0.717, 1.165) is 14.2 Å². The molecule has 1 aliphatic rings. The fourth-order valence-electron chi connectivity index (χ4n) is 2.04. The van der Waals surface area contributed by atoms with E-state index in [1.54, 1.807) is 30.3 Å². The van der Waals surface area contributed by atoms with Gasteiger partial charge >= 0.3 is 13.9 Å². The van der Waals surface area contributed by atoms with Gasteiger partial charge < -0.3 is 0 Å². The molecule has 0 saturated heterocycles. The summed E-state index contributed by atoms with van der Waals surface area (Å²) >= 11 is 0. The Morgan fingerprint density at radius 3 is 2.33 bits per heavy atom. The summed E-state index contributed by atoms with van der Waals surface area (Å²) in [6.07, 6.45) is -3.79. The van der Waals surface area contributed by atoms with Crippen molar-refractivity contribution in [3.63, 3.8) is 0 Å². The summed E-state index contributed by atoms with van der Waals surface area (Å²) < 4.78 is 52.3. The molecule has 0 spiro atoms. The largest absolute Gasteiger partial charge is 0.479 e. The maximum Gasteiger partial charge on any atom is 0.479 e. The molecule has 5 nitrogen and oxygen atoms in total. The first kappa shape index (κ1) is 16.2. The number of benzene rings is 1. The van der Waals surface area contributed by atoms with Crippen LogP contribution in [0, 0.1) is 11.8 Å². The number of rotatable bonds is 7. The summed E-state index contributed by atoms with van der Waals surface area (Å²) in [5.74, 6) is -2.57. The van der Waals surface area contributed by atoms with Gasteiger partial charge in [-0.1, -0.05) is 30.3 Å². The van der Waals surface area contributed by atoms with Gasteiger partial charge in [0.1, 0.15) is 0 Å². The van der Waals surface area contributed by atoms with Crippen LogP contribution in [-0.2, 0) is 18.1 Å². The predicted molar refractivity (Wildman–Crippen MR) is 70.0 cm³/mol. The van der Waals surface area contributed by atoms with Gasteiger partial charge in [-0.05, 0) is 6.42 Å². The maximum absolute atomic E-state index is 13.9. The molecule has 1 aromatic carbocycles. The van der Waals surface area contributed by atoms with Crippen LogP contribution in [0.5, 0.6) is 0 Å². The third-order valence-corrected chi connectivity index (χ3v) is 4.66. The molecule has 2 atom stereocenters. The second-order valence-corrected chi connectivity index (χ2v) is 6.45. The van der Waals surface area contributed by atoms with E-state index < -0.39 is 25.8 Å². The third kappa shape index (κ3) is 3.55. The Balaban J connectivity index is 2.05. The minimum atomic E-state index is -4.31. The molecule has 2 rings (SSSR count). The van der Waals surface area contributed by atoms with Crippen LogP contribution in [0.4, 0.5) is 8.78 Å². The lowest BCUT2D eigenvalue weighted by molar-refractivity contribution is -0.205. The first-order valence-electron chi connectivity index (χ1n) is 6.22. The molecule has 0 bridgehead atoms. The summed E-state index contributed by atoms with van der Waals surface area (Å²) in [5, 5.41) is 0. The summed E-state index contributed by atoms with van der Waals surface area (Å²) in [7, 11) is -2.42. The van der Waals surface area contributed by atoms with Gasteiger partial charge in [-0.15, -0.1) is 0 Å². The fourth-order valence-corrected chi connectivity index (χ4v) is 2.77. The van der Waals surface area contributed by atoms with Crippen LogP contribution in [0.3, 0.4) is 0 Å². The molecule has 0 unspecified atom stereocenters. The lowest BCUT2D eigenvalue weighted by Gasteiger charge is -2.21. The highest BCUT2D eigenvalue weighted by Crippen LogP contribution is 2.59. The van der Waals surface area contributed by atoms with Gasteiger partial charge in [0.25, 0.3) is 0 Å². The van der Waals surface area contributed by atoms with E-state index in [9.17, 15) is 18.1 Å². The summed E-state index contributed by atoms with van der Waals surface area (Å²) in [5.41, 5.74) is 0.363. The van der Waals surface area contributed by atoms with Crippen molar-refractivity contribution in [2.75, 3.05) is 14.2 Å². The normalized spacial score (nSPS) is 22.1. The number of hydrogen-bond acceptors (Lipinski definition) is 5. The Labute approximate surface area is 120 Å². The molecule has 8 heteroatoms. The molecule has 0 aliphatic heterocycles. The number of alkyl halides is 2. The molecule has 0 heterocycles. The Bertz CT molecular complexity index is 555.